The van der Waals surface area contributed by atoms with Crippen LogP contribution in [0.15, 0.2) is 76.4 Å². The summed E-state index contributed by atoms with van der Waals surface area (Å²) in [4.78, 5) is 13.2. The van der Waals surface area contributed by atoms with Crippen molar-refractivity contribution in [2.45, 2.75) is 19.4 Å². The first-order chi connectivity index (χ1) is 12.6. The molecule has 0 saturated carbocycles. The molecule has 1 amide bonds. The molecule has 0 saturated heterocycles. The lowest BCUT2D eigenvalue weighted by Gasteiger charge is -2.20. The molecule has 26 heavy (non-hydrogen) atoms. The van der Waals surface area contributed by atoms with E-state index in [2.05, 4.69) is 5.10 Å². The summed E-state index contributed by atoms with van der Waals surface area (Å²) in [6, 6.07) is 18.5. The number of carbonyl (C=O) groups excluding carboxylic acids is 1. The Kier molecular flexibility index (Phi) is 4.35. The zero-order valence-corrected chi connectivity index (χ0v) is 15.0. The zero-order chi connectivity index (χ0) is 18.1. The van der Waals surface area contributed by atoms with Crippen LogP contribution in [0.2, 0.25) is 5.02 Å². The van der Waals surface area contributed by atoms with Gasteiger partial charge in [-0.1, -0.05) is 41.9 Å². The maximum Gasteiger partial charge on any atom is 0.274 e. The third-order valence-electron chi connectivity index (χ3n) is 4.54. The lowest BCUT2D eigenvalue weighted by Crippen LogP contribution is -2.27. The zero-order valence-electron chi connectivity index (χ0n) is 14.2. The normalized spacial score (nSPS) is 16.6. The van der Waals surface area contributed by atoms with E-state index >= 15 is 0 Å². The molecule has 0 radical (unpaired) electrons. The lowest BCUT2D eigenvalue weighted by molar-refractivity contribution is 0.0692. The third kappa shape index (κ3) is 3.04. The molecule has 1 aliphatic heterocycles. The Hall–Kier alpha value is -2.85. The van der Waals surface area contributed by atoms with Gasteiger partial charge < -0.3 is 4.42 Å². The van der Waals surface area contributed by atoms with E-state index in [1.165, 1.54) is 5.01 Å². The van der Waals surface area contributed by atoms with Gasteiger partial charge in [0.25, 0.3) is 5.91 Å². The first kappa shape index (κ1) is 16.6. The maximum absolute atomic E-state index is 13.2. The highest BCUT2D eigenvalue weighted by Crippen LogP contribution is 2.34. The summed E-state index contributed by atoms with van der Waals surface area (Å²) in [6.45, 7) is 1.93. The molecule has 5 heteroatoms. The van der Waals surface area contributed by atoms with E-state index in [0.29, 0.717) is 17.0 Å². The molecule has 0 N–H and O–H groups in total. The number of rotatable bonds is 3. The third-order valence-corrected chi connectivity index (χ3v) is 4.79. The molecule has 4 rings (SSSR count). The smallest absolute Gasteiger partial charge is 0.274 e. The van der Waals surface area contributed by atoms with Crippen molar-refractivity contribution in [3.63, 3.8) is 0 Å². The molecule has 0 fully saturated rings. The van der Waals surface area contributed by atoms with Gasteiger partial charge in [0.1, 0.15) is 11.8 Å². The highest BCUT2D eigenvalue weighted by Gasteiger charge is 2.35. The van der Waals surface area contributed by atoms with Gasteiger partial charge in [-0.05, 0) is 48.4 Å². The van der Waals surface area contributed by atoms with Crippen LogP contribution < -0.4 is 0 Å². The maximum atomic E-state index is 13.2. The number of furan rings is 1. The van der Waals surface area contributed by atoms with Crippen molar-refractivity contribution < 1.29 is 9.21 Å². The highest BCUT2D eigenvalue weighted by atomic mass is 35.5. The number of amides is 1. The standard InChI is InChI=1S/C21H17ClN2O2/c1-14-5-2-3-6-17(14)21(25)24-19(20-7-4-12-26-20)13-18(23-24)15-8-10-16(22)11-9-15/h2-12,19H,13H2,1H3. The number of hydrazone groups is 1. The van der Waals surface area contributed by atoms with Gasteiger partial charge in [-0.15, -0.1) is 0 Å². The van der Waals surface area contributed by atoms with Crippen molar-refractivity contribution in [1.29, 1.82) is 0 Å². The van der Waals surface area contributed by atoms with E-state index in [1.807, 2.05) is 67.6 Å². The Morgan fingerprint density at radius 3 is 2.58 bits per heavy atom. The molecule has 2 aromatic carbocycles. The van der Waals surface area contributed by atoms with E-state index < -0.39 is 0 Å². The second kappa shape index (κ2) is 6.81. The SMILES string of the molecule is Cc1ccccc1C(=O)N1N=C(c2ccc(Cl)cc2)CC1c1ccco1. The summed E-state index contributed by atoms with van der Waals surface area (Å²) in [5.41, 5.74) is 3.35. The lowest BCUT2D eigenvalue weighted by atomic mass is 10.0. The number of nitrogens with zero attached hydrogens (tertiary/aromatic N) is 2. The largest absolute Gasteiger partial charge is 0.467 e. The van der Waals surface area contributed by atoms with Crippen LogP contribution in [0, 0.1) is 6.92 Å². The van der Waals surface area contributed by atoms with Crippen LogP contribution in [0.5, 0.6) is 0 Å². The predicted octanol–water partition coefficient (Wildman–Crippen LogP) is 5.23. The summed E-state index contributed by atoms with van der Waals surface area (Å²) in [6.07, 6.45) is 2.21. The minimum absolute atomic E-state index is 0.131. The Balaban J connectivity index is 1.73. The van der Waals surface area contributed by atoms with Crippen molar-refractivity contribution in [2.75, 3.05) is 0 Å². The first-order valence-corrected chi connectivity index (χ1v) is 8.77. The first-order valence-electron chi connectivity index (χ1n) is 8.39. The van der Waals surface area contributed by atoms with Crippen LogP contribution >= 0.6 is 11.6 Å². The fraction of sp³-hybridized carbons (Fsp3) is 0.143. The number of aryl methyl sites for hydroxylation is 1. The molecule has 1 atom stereocenters. The highest BCUT2D eigenvalue weighted by molar-refractivity contribution is 6.30. The van der Waals surface area contributed by atoms with Crippen LogP contribution in [0.3, 0.4) is 0 Å². The second-order valence-electron chi connectivity index (χ2n) is 6.25. The van der Waals surface area contributed by atoms with Gasteiger partial charge in [-0.3, -0.25) is 4.79 Å². The van der Waals surface area contributed by atoms with E-state index in [0.717, 1.165) is 22.6 Å². The second-order valence-corrected chi connectivity index (χ2v) is 6.69. The van der Waals surface area contributed by atoms with Gasteiger partial charge in [0, 0.05) is 17.0 Å². The van der Waals surface area contributed by atoms with Crippen LogP contribution in [0.4, 0.5) is 0 Å². The van der Waals surface area contributed by atoms with E-state index in [4.69, 9.17) is 16.0 Å². The molecular formula is C21H17ClN2O2. The molecule has 0 spiro atoms. The molecule has 0 bridgehead atoms. The van der Waals surface area contributed by atoms with Crippen molar-refractivity contribution in [3.05, 3.63) is 94.4 Å². The Morgan fingerprint density at radius 2 is 1.88 bits per heavy atom. The van der Waals surface area contributed by atoms with Crippen LogP contribution in [0.25, 0.3) is 0 Å². The minimum Gasteiger partial charge on any atom is -0.467 e. The topological polar surface area (TPSA) is 45.8 Å². The van der Waals surface area contributed by atoms with Crippen molar-refractivity contribution in [1.82, 2.24) is 5.01 Å². The average Bonchev–Trinajstić information content (AvgIpc) is 3.32. The fourth-order valence-corrected chi connectivity index (χ4v) is 3.28. The summed E-state index contributed by atoms with van der Waals surface area (Å²) >= 11 is 5.99. The molecule has 2 heterocycles. The summed E-state index contributed by atoms with van der Waals surface area (Å²) < 4.78 is 5.58. The van der Waals surface area contributed by atoms with Crippen molar-refractivity contribution in [2.24, 2.45) is 5.10 Å². The number of carbonyl (C=O) groups is 1. The predicted molar refractivity (Wildman–Crippen MR) is 101 cm³/mol. The van der Waals surface area contributed by atoms with Gasteiger partial charge in [-0.25, -0.2) is 5.01 Å². The molecule has 1 aliphatic rings. The minimum atomic E-state index is -0.261. The van der Waals surface area contributed by atoms with Crippen LogP contribution in [0.1, 0.15) is 39.7 Å². The van der Waals surface area contributed by atoms with E-state index in [-0.39, 0.29) is 11.9 Å². The Morgan fingerprint density at radius 1 is 1.12 bits per heavy atom. The van der Waals surface area contributed by atoms with E-state index in [1.54, 1.807) is 6.26 Å². The Labute approximate surface area is 156 Å². The molecule has 1 unspecified atom stereocenters. The summed E-state index contributed by atoms with van der Waals surface area (Å²) in [7, 11) is 0. The molecule has 4 nitrogen and oxygen atoms in total. The van der Waals surface area contributed by atoms with Crippen LogP contribution in [-0.2, 0) is 0 Å². The van der Waals surface area contributed by atoms with Gasteiger partial charge in [0.2, 0.25) is 0 Å². The molecule has 130 valence electrons. The average molecular weight is 365 g/mol. The van der Waals surface area contributed by atoms with E-state index in [9.17, 15) is 4.79 Å². The number of hydrogen-bond acceptors (Lipinski definition) is 3. The van der Waals surface area contributed by atoms with Gasteiger partial charge in [0.05, 0.1) is 12.0 Å². The van der Waals surface area contributed by atoms with Crippen molar-refractivity contribution >= 4 is 23.2 Å². The molecule has 1 aromatic heterocycles. The number of hydrogen-bond donors (Lipinski definition) is 0. The monoisotopic (exact) mass is 364 g/mol. The van der Waals surface area contributed by atoms with Gasteiger partial charge in [-0.2, -0.15) is 5.10 Å². The quantitative estimate of drug-likeness (QED) is 0.638. The number of halogens is 1. The number of benzene rings is 2. The van der Waals surface area contributed by atoms with Gasteiger partial charge in [0.15, 0.2) is 0 Å². The molecule has 0 aliphatic carbocycles. The summed E-state index contributed by atoms with van der Waals surface area (Å²) in [5.74, 6) is 0.591. The Bertz CT molecular complexity index is 962. The van der Waals surface area contributed by atoms with Crippen molar-refractivity contribution in [3.8, 4) is 0 Å². The van der Waals surface area contributed by atoms with Gasteiger partial charge >= 0.3 is 0 Å². The van der Waals surface area contributed by atoms with Crippen LogP contribution in [-0.4, -0.2) is 16.6 Å². The molecular weight excluding hydrogens is 348 g/mol. The fourth-order valence-electron chi connectivity index (χ4n) is 3.15. The summed E-state index contributed by atoms with van der Waals surface area (Å²) in [5, 5.41) is 6.84. The molecule has 3 aromatic rings.